The summed E-state index contributed by atoms with van der Waals surface area (Å²) >= 11 is 0. The third-order valence-corrected chi connectivity index (χ3v) is 2.75. The van der Waals surface area contributed by atoms with Gasteiger partial charge in [-0.1, -0.05) is 0 Å². The molecule has 0 unspecified atom stereocenters. The molecule has 0 radical (unpaired) electrons. The van der Waals surface area contributed by atoms with Gasteiger partial charge in [0.05, 0.1) is 7.11 Å². The summed E-state index contributed by atoms with van der Waals surface area (Å²) in [6.45, 7) is 5.76. The smallest absolute Gasteiger partial charge is 0.270 e. The molecule has 0 fully saturated rings. The van der Waals surface area contributed by atoms with Crippen molar-refractivity contribution in [3.63, 3.8) is 0 Å². The van der Waals surface area contributed by atoms with Crippen molar-refractivity contribution in [2.24, 2.45) is 0 Å². The van der Waals surface area contributed by atoms with Crippen molar-refractivity contribution in [3.8, 4) is 5.75 Å². The van der Waals surface area contributed by atoms with Crippen molar-refractivity contribution in [2.45, 2.75) is 26.3 Å². The second-order valence-electron chi connectivity index (χ2n) is 5.85. The monoisotopic (exact) mass is 300 g/mol. The molecule has 0 aliphatic carbocycles. The molecular weight excluding hydrogens is 280 g/mol. The van der Waals surface area contributed by atoms with Crippen LogP contribution in [-0.2, 0) is 0 Å². The van der Waals surface area contributed by atoms with Crippen molar-refractivity contribution in [1.29, 1.82) is 0 Å². The van der Waals surface area contributed by atoms with E-state index in [-0.39, 0.29) is 11.4 Å². The van der Waals surface area contributed by atoms with Crippen molar-refractivity contribution in [3.05, 3.63) is 42.4 Å². The molecule has 0 aliphatic heterocycles. The van der Waals surface area contributed by atoms with Gasteiger partial charge in [0.2, 0.25) is 0 Å². The fourth-order valence-electron chi connectivity index (χ4n) is 1.78. The second-order valence-corrected chi connectivity index (χ2v) is 5.85. The maximum atomic E-state index is 12.1. The standard InChI is InChI=1S/C16H20N4O2/c1-16(2,3)20-15(21)13-9-14(18-10-17-13)19-11-5-7-12(22-4)8-6-11/h5-10H,1-4H3,(H,20,21)(H,17,18,19). The predicted molar refractivity (Wildman–Crippen MR) is 85.5 cm³/mol. The lowest BCUT2D eigenvalue weighted by Gasteiger charge is -2.20. The lowest BCUT2D eigenvalue weighted by molar-refractivity contribution is 0.0914. The maximum Gasteiger partial charge on any atom is 0.270 e. The number of benzene rings is 1. The van der Waals surface area contributed by atoms with Crippen LogP contribution in [0.3, 0.4) is 0 Å². The lowest BCUT2D eigenvalue weighted by Crippen LogP contribution is -2.40. The van der Waals surface area contributed by atoms with E-state index in [1.54, 1.807) is 13.2 Å². The molecule has 1 aromatic carbocycles. The van der Waals surface area contributed by atoms with Gasteiger partial charge in [0.25, 0.3) is 5.91 Å². The van der Waals surface area contributed by atoms with Crippen LogP contribution in [0.1, 0.15) is 31.3 Å². The Morgan fingerprint density at radius 1 is 1.14 bits per heavy atom. The molecule has 6 nitrogen and oxygen atoms in total. The molecule has 0 bridgehead atoms. The van der Waals surface area contributed by atoms with Gasteiger partial charge in [0, 0.05) is 17.3 Å². The predicted octanol–water partition coefficient (Wildman–Crippen LogP) is 2.76. The Hall–Kier alpha value is -2.63. The number of aromatic nitrogens is 2. The van der Waals surface area contributed by atoms with Gasteiger partial charge in [0.15, 0.2) is 0 Å². The Morgan fingerprint density at radius 2 is 1.82 bits per heavy atom. The van der Waals surface area contributed by atoms with Crippen LogP contribution in [0.5, 0.6) is 5.75 Å². The minimum absolute atomic E-state index is 0.229. The summed E-state index contributed by atoms with van der Waals surface area (Å²) in [7, 11) is 1.62. The van der Waals surface area contributed by atoms with Gasteiger partial charge < -0.3 is 15.4 Å². The molecule has 0 atom stereocenters. The first-order valence-corrected chi connectivity index (χ1v) is 6.93. The molecular formula is C16H20N4O2. The third kappa shape index (κ3) is 4.44. The average molecular weight is 300 g/mol. The highest BCUT2D eigenvalue weighted by Crippen LogP contribution is 2.18. The fraction of sp³-hybridized carbons (Fsp3) is 0.312. The maximum absolute atomic E-state index is 12.1. The number of carbonyl (C=O) groups excluding carboxylic acids is 1. The number of hydrogen-bond donors (Lipinski definition) is 2. The topological polar surface area (TPSA) is 76.1 Å². The number of anilines is 2. The molecule has 0 aliphatic rings. The molecule has 0 spiro atoms. The number of carbonyl (C=O) groups is 1. The Kier molecular flexibility index (Phi) is 4.60. The van der Waals surface area contributed by atoms with Gasteiger partial charge in [0.1, 0.15) is 23.6 Å². The summed E-state index contributed by atoms with van der Waals surface area (Å²) in [6.07, 6.45) is 1.36. The first-order valence-electron chi connectivity index (χ1n) is 6.93. The number of nitrogens with one attached hydrogen (secondary N) is 2. The van der Waals surface area contributed by atoms with Crippen molar-refractivity contribution < 1.29 is 9.53 Å². The van der Waals surface area contributed by atoms with Crippen LogP contribution >= 0.6 is 0 Å². The van der Waals surface area contributed by atoms with E-state index in [1.807, 2.05) is 45.0 Å². The van der Waals surface area contributed by atoms with Gasteiger partial charge in [-0.25, -0.2) is 9.97 Å². The third-order valence-electron chi connectivity index (χ3n) is 2.75. The van der Waals surface area contributed by atoms with Gasteiger partial charge in [-0.2, -0.15) is 0 Å². The normalized spacial score (nSPS) is 10.9. The number of nitrogens with zero attached hydrogens (tertiary/aromatic N) is 2. The van der Waals surface area contributed by atoms with Gasteiger partial charge in [-0.15, -0.1) is 0 Å². The SMILES string of the molecule is COc1ccc(Nc2cc(C(=O)NC(C)(C)C)ncn2)cc1. The number of amides is 1. The minimum Gasteiger partial charge on any atom is -0.497 e. The van der Waals surface area contributed by atoms with Crippen LogP contribution in [0.15, 0.2) is 36.7 Å². The number of ether oxygens (including phenoxy) is 1. The first-order chi connectivity index (χ1) is 10.4. The van der Waals surface area contributed by atoms with E-state index in [0.717, 1.165) is 11.4 Å². The van der Waals surface area contributed by atoms with Crippen LogP contribution in [0.2, 0.25) is 0 Å². The molecule has 2 aromatic rings. The number of hydrogen-bond acceptors (Lipinski definition) is 5. The van der Waals surface area contributed by atoms with E-state index in [0.29, 0.717) is 11.5 Å². The molecule has 0 saturated heterocycles. The highest BCUT2D eigenvalue weighted by atomic mass is 16.5. The van der Waals surface area contributed by atoms with E-state index >= 15 is 0 Å². The summed E-state index contributed by atoms with van der Waals surface area (Å²) in [5, 5.41) is 5.99. The number of rotatable bonds is 4. The molecule has 22 heavy (non-hydrogen) atoms. The highest BCUT2D eigenvalue weighted by Gasteiger charge is 2.16. The molecule has 116 valence electrons. The zero-order valence-corrected chi connectivity index (χ0v) is 13.2. The summed E-state index contributed by atoms with van der Waals surface area (Å²) < 4.78 is 5.11. The lowest BCUT2D eigenvalue weighted by atomic mass is 10.1. The molecule has 0 saturated carbocycles. The number of methoxy groups -OCH3 is 1. The van der Waals surface area contributed by atoms with Crippen LogP contribution in [0.25, 0.3) is 0 Å². The highest BCUT2D eigenvalue weighted by molar-refractivity contribution is 5.93. The van der Waals surface area contributed by atoms with Crippen LogP contribution in [-0.4, -0.2) is 28.5 Å². The van der Waals surface area contributed by atoms with Crippen LogP contribution in [0, 0.1) is 0 Å². The largest absolute Gasteiger partial charge is 0.497 e. The summed E-state index contributed by atoms with van der Waals surface area (Å²) in [5.41, 5.74) is 0.855. The van der Waals surface area contributed by atoms with Gasteiger partial charge in [-0.3, -0.25) is 4.79 Å². The summed E-state index contributed by atoms with van der Waals surface area (Å²) in [4.78, 5) is 20.2. The molecule has 1 heterocycles. The fourth-order valence-corrected chi connectivity index (χ4v) is 1.78. The van der Waals surface area contributed by atoms with E-state index in [1.165, 1.54) is 6.33 Å². The molecule has 2 rings (SSSR count). The first kappa shape index (κ1) is 15.8. The van der Waals surface area contributed by atoms with Crippen molar-refractivity contribution in [2.75, 3.05) is 12.4 Å². The van der Waals surface area contributed by atoms with E-state index in [2.05, 4.69) is 20.6 Å². The second kappa shape index (κ2) is 6.43. The Balaban J connectivity index is 2.12. The minimum atomic E-state index is -0.314. The molecule has 1 amide bonds. The summed E-state index contributed by atoms with van der Waals surface area (Å²) in [5.74, 6) is 1.10. The average Bonchev–Trinajstić information content (AvgIpc) is 2.46. The molecule has 2 N–H and O–H groups in total. The van der Waals surface area contributed by atoms with Gasteiger partial charge >= 0.3 is 0 Å². The van der Waals surface area contributed by atoms with Crippen molar-refractivity contribution >= 4 is 17.4 Å². The zero-order valence-electron chi connectivity index (χ0n) is 13.2. The summed E-state index contributed by atoms with van der Waals surface area (Å²) in [6, 6.07) is 9.05. The quantitative estimate of drug-likeness (QED) is 0.908. The van der Waals surface area contributed by atoms with Crippen LogP contribution < -0.4 is 15.4 Å². The Morgan fingerprint density at radius 3 is 2.41 bits per heavy atom. The Bertz CT molecular complexity index is 648. The van der Waals surface area contributed by atoms with E-state index < -0.39 is 0 Å². The zero-order chi connectivity index (χ0) is 16.2. The molecule has 1 aromatic heterocycles. The molecule has 6 heteroatoms. The van der Waals surface area contributed by atoms with E-state index in [9.17, 15) is 4.79 Å². The van der Waals surface area contributed by atoms with Crippen molar-refractivity contribution in [1.82, 2.24) is 15.3 Å². The Labute approximate surface area is 129 Å². The van der Waals surface area contributed by atoms with Gasteiger partial charge in [-0.05, 0) is 45.0 Å². The van der Waals surface area contributed by atoms with E-state index in [4.69, 9.17) is 4.74 Å². The van der Waals surface area contributed by atoms with Crippen LogP contribution in [0.4, 0.5) is 11.5 Å².